The largest absolute Gasteiger partial charge is 0.462 e. The lowest BCUT2D eigenvalue weighted by Crippen LogP contribution is -2.30. The fourth-order valence-corrected chi connectivity index (χ4v) is 11.0. The Morgan fingerprint density at radius 3 is 0.649 bits per heavy atom. The van der Waals surface area contributed by atoms with E-state index in [9.17, 15) is 14.4 Å². The molecular formula is C71H136O6. The van der Waals surface area contributed by atoms with E-state index in [1.54, 1.807) is 0 Å². The Morgan fingerprint density at radius 2 is 0.429 bits per heavy atom. The molecule has 0 heterocycles. The van der Waals surface area contributed by atoms with Crippen LogP contribution in [0, 0.1) is 0 Å². The fourth-order valence-electron chi connectivity index (χ4n) is 11.0. The Kier molecular flexibility index (Phi) is 65.1. The Balaban J connectivity index is 4.23. The van der Waals surface area contributed by atoms with Crippen LogP contribution in [-0.2, 0) is 28.6 Å². The smallest absolute Gasteiger partial charge is 0.306 e. The molecule has 0 radical (unpaired) electrons. The standard InChI is InChI=1S/C71H136O6/c1-4-7-10-13-16-19-22-25-28-30-32-33-34-35-36-37-39-40-43-46-49-52-55-58-61-64-70(73)76-67-68(66-75-69(72)63-60-57-54-51-48-45-42-27-24-21-18-15-12-9-6-3)77-71(74)65-62-59-56-53-50-47-44-41-38-31-29-26-23-20-17-14-11-8-5-2/h30,32,68H,4-29,31,33-67H2,1-3H3/b32-30-. The van der Waals surface area contributed by atoms with Crippen molar-refractivity contribution < 1.29 is 28.6 Å². The molecule has 0 amide bonds. The molecule has 6 heteroatoms. The zero-order valence-electron chi connectivity index (χ0n) is 52.5. The lowest BCUT2D eigenvalue weighted by Gasteiger charge is -2.18. The molecule has 0 spiro atoms. The van der Waals surface area contributed by atoms with Crippen LogP contribution < -0.4 is 0 Å². The van der Waals surface area contributed by atoms with Gasteiger partial charge in [0.15, 0.2) is 6.10 Å². The summed E-state index contributed by atoms with van der Waals surface area (Å²) in [4.78, 5) is 38.4. The number of esters is 3. The minimum absolute atomic E-state index is 0.0624. The van der Waals surface area contributed by atoms with Crippen molar-refractivity contribution in [3.05, 3.63) is 12.2 Å². The Morgan fingerprint density at radius 1 is 0.247 bits per heavy atom. The first-order valence-corrected chi connectivity index (χ1v) is 35.2. The summed E-state index contributed by atoms with van der Waals surface area (Å²) >= 11 is 0. The van der Waals surface area contributed by atoms with Crippen molar-refractivity contribution in [3.8, 4) is 0 Å². The monoisotopic (exact) mass is 1090 g/mol. The summed E-state index contributed by atoms with van der Waals surface area (Å²) in [7, 11) is 0. The van der Waals surface area contributed by atoms with Crippen LogP contribution in [0.4, 0.5) is 0 Å². The normalized spacial score (nSPS) is 12.0. The van der Waals surface area contributed by atoms with Crippen LogP contribution in [0.25, 0.3) is 0 Å². The molecule has 0 aromatic carbocycles. The fraction of sp³-hybridized carbons (Fsp3) is 0.930. The molecule has 0 aliphatic heterocycles. The van der Waals surface area contributed by atoms with Crippen molar-refractivity contribution in [2.45, 2.75) is 412 Å². The lowest BCUT2D eigenvalue weighted by atomic mass is 10.0. The van der Waals surface area contributed by atoms with Gasteiger partial charge in [-0.15, -0.1) is 0 Å². The van der Waals surface area contributed by atoms with E-state index in [-0.39, 0.29) is 31.1 Å². The topological polar surface area (TPSA) is 78.9 Å². The lowest BCUT2D eigenvalue weighted by molar-refractivity contribution is -0.167. The van der Waals surface area contributed by atoms with Gasteiger partial charge in [0, 0.05) is 19.3 Å². The maximum Gasteiger partial charge on any atom is 0.306 e. The molecule has 0 saturated heterocycles. The first-order chi connectivity index (χ1) is 38.0. The molecule has 0 fully saturated rings. The summed E-state index contributed by atoms with van der Waals surface area (Å²) in [5.41, 5.74) is 0. The molecule has 0 rings (SSSR count). The minimum Gasteiger partial charge on any atom is -0.462 e. The van der Waals surface area contributed by atoms with E-state index in [1.165, 1.54) is 308 Å². The highest BCUT2D eigenvalue weighted by Crippen LogP contribution is 2.19. The quantitative estimate of drug-likeness (QED) is 0.0261. The van der Waals surface area contributed by atoms with Crippen molar-refractivity contribution in [3.63, 3.8) is 0 Å². The second kappa shape index (κ2) is 66.7. The van der Waals surface area contributed by atoms with Crippen LogP contribution in [0.15, 0.2) is 12.2 Å². The van der Waals surface area contributed by atoms with Crippen LogP contribution in [0.1, 0.15) is 406 Å². The molecule has 0 saturated carbocycles. The van der Waals surface area contributed by atoms with Gasteiger partial charge in [0.1, 0.15) is 13.2 Å². The first-order valence-electron chi connectivity index (χ1n) is 35.2. The van der Waals surface area contributed by atoms with Crippen LogP contribution in [-0.4, -0.2) is 37.2 Å². The van der Waals surface area contributed by atoms with Gasteiger partial charge in [0.25, 0.3) is 0 Å². The Bertz CT molecular complexity index is 1200. The van der Waals surface area contributed by atoms with Crippen molar-refractivity contribution >= 4 is 17.9 Å². The van der Waals surface area contributed by atoms with Gasteiger partial charge in [0.05, 0.1) is 0 Å². The van der Waals surface area contributed by atoms with Gasteiger partial charge in [-0.1, -0.05) is 354 Å². The average molecular weight is 1090 g/mol. The van der Waals surface area contributed by atoms with Crippen LogP contribution in [0.5, 0.6) is 0 Å². The number of rotatable bonds is 66. The van der Waals surface area contributed by atoms with Crippen LogP contribution >= 0.6 is 0 Å². The van der Waals surface area contributed by atoms with E-state index in [2.05, 4.69) is 32.9 Å². The molecule has 6 nitrogen and oxygen atoms in total. The third-order valence-corrected chi connectivity index (χ3v) is 16.3. The summed E-state index contributed by atoms with van der Waals surface area (Å²) in [6, 6.07) is 0. The number of hydrogen-bond donors (Lipinski definition) is 0. The third kappa shape index (κ3) is 64.9. The highest BCUT2D eigenvalue weighted by Gasteiger charge is 2.19. The van der Waals surface area contributed by atoms with E-state index < -0.39 is 6.10 Å². The molecule has 0 N–H and O–H groups in total. The first kappa shape index (κ1) is 75.2. The van der Waals surface area contributed by atoms with Gasteiger partial charge < -0.3 is 14.2 Å². The van der Waals surface area contributed by atoms with E-state index in [0.29, 0.717) is 19.3 Å². The number of allylic oxidation sites excluding steroid dienone is 2. The molecule has 1 unspecified atom stereocenters. The second-order valence-electron chi connectivity index (χ2n) is 24.2. The summed E-state index contributed by atoms with van der Waals surface area (Å²) in [6.45, 7) is 6.73. The van der Waals surface area contributed by atoms with Gasteiger partial charge in [-0.25, -0.2) is 0 Å². The van der Waals surface area contributed by atoms with Gasteiger partial charge >= 0.3 is 17.9 Å². The zero-order valence-corrected chi connectivity index (χ0v) is 52.5. The van der Waals surface area contributed by atoms with Crippen molar-refractivity contribution in [1.29, 1.82) is 0 Å². The molecule has 456 valence electrons. The second-order valence-corrected chi connectivity index (χ2v) is 24.2. The Hall–Kier alpha value is -1.85. The molecule has 0 aliphatic carbocycles. The maximum absolute atomic E-state index is 12.9. The summed E-state index contributed by atoms with van der Waals surface area (Å²) in [5.74, 6) is -0.826. The minimum atomic E-state index is -0.765. The van der Waals surface area contributed by atoms with Crippen LogP contribution in [0.2, 0.25) is 0 Å². The van der Waals surface area contributed by atoms with Crippen molar-refractivity contribution in [1.82, 2.24) is 0 Å². The highest BCUT2D eigenvalue weighted by atomic mass is 16.6. The molecular weight excluding hydrogens is 949 g/mol. The number of ether oxygens (including phenoxy) is 3. The van der Waals surface area contributed by atoms with Gasteiger partial charge in [-0.3, -0.25) is 14.4 Å². The Labute approximate surface area is 481 Å². The predicted octanol–water partition coefficient (Wildman–Crippen LogP) is 24.0. The highest BCUT2D eigenvalue weighted by molar-refractivity contribution is 5.71. The molecule has 0 aromatic heterocycles. The average Bonchev–Trinajstić information content (AvgIpc) is 3.43. The summed E-state index contributed by atoms with van der Waals surface area (Å²) < 4.78 is 17.0. The SMILES string of the molecule is CCCCCCCCCC/C=C\CCCCCCCCCCCCCCCC(=O)OCC(COC(=O)CCCCCCCCCCCCCCCCC)OC(=O)CCCCCCCCCCCCCCCCCCCCC. The summed E-state index contributed by atoms with van der Waals surface area (Å²) in [5, 5.41) is 0. The zero-order chi connectivity index (χ0) is 55.7. The number of carbonyl (C=O) groups is 3. The maximum atomic E-state index is 12.9. The molecule has 0 aromatic rings. The van der Waals surface area contributed by atoms with Gasteiger partial charge in [0.2, 0.25) is 0 Å². The summed E-state index contributed by atoms with van der Waals surface area (Å²) in [6.07, 6.45) is 79.5. The number of unbranched alkanes of at least 4 members (excludes halogenated alkanes) is 53. The molecule has 77 heavy (non-hydrogen) atoms. The molecule has 0 bridgehead atoms. The molecule has 0 aliphatic rings. The third-order valence-electron chi connectivity index (χ3n) is 16.3. The van der Waals surface area contributed by atoms with Gasteiger partial charge in [-0.2, -0.15) is 0 Å². The van der Waals surface area contributed by atoms with Crippen molar-refractivity contribution in [2.24, 2.45) is 0 Å². The predicted molar refractivity (Wildman–Crippen MR) is 335 cm³/mol. The number of carbonyl (C=O) groups excluding carboxylic acids is 3. The van der Waals surface area contributed by atoms with E-state index in [0.717, 1.165) is 57.8 Å². The van der Waals surface area contributed by atoms with Gasteiger partial charge in [-0.05, 0) is 44.9 Å². The molecule has 1 atom stereocenters. The van der Waals surface area contributed by atoms with E-state index >= 15 is 0 Å². The van der Waals surface area contributed by atoms with Crippen molar-refractivity contribution in [2.75, 3.05) is 13.2 Å². The number of hydrogen-bond acceptors (Lipinski definition) is 6. The van der Waals surface area contributed by atoms with E-state index in [4.69, 9.17) is 14.2 Å². The van der Waals surface area contributed by atoms with E-state index in [1.807, 2.05) is 0 Å². The van der Waals surface area contributed by atoms with Crippen LogP contribution in [0.3, 0.4) is 0 Å².